The maximum Gasteiger partial charge on any atom is 0.228 e. The number of amides is 1. The zero-order valence-electron chi connectivity index (χ0n) is 17.4. The molecule has 0 aromatic heterocycles. The van der Waals surface area contributed by atoms with E-state index in [0.29, 0.717) is 13.1 Å². The first kappa shape index (κ1) is 19.3. The van der Waals surface area contributed by atoms with Crippen LogP contribution in [0.1, 0.15) is 26.3 Å². The van der Waals surface area contributed by atoms with Gasteiger partial charge in [0, 0.05) is 37.7 Å². The Hall–Kier alpha value is -3.02. The van der Waals surface area contributed by atoms with Gasteiger partial charge in [-0.1, -0.05) is 32.9 Å². The number of piperazine rings is 1. The van der Waals surface area contributed by atoms with Crippen molar-refractivity contribution in [2.75, 3.05) is 33.3 Å². The Kier molecular flexibility index (Phi) is 4.94. The number of fused-ring (bicyclic) bond motifs is 2. The molecule has 4 rings (SSSR count). The summed E-state index contributed by atoms with van der Waals surface area (Å²) in [6, 6.07) is 13.6. The van der Waals surface area contributed by atoms with Crippen molar-refractivity contribution >= 4 is 17.4 Å². The minimum absolute atomic E-state index is 0.193. The molecule has 1 amide bonds. The Balaban J connectivity index is 1.66. The van der Waals surface area contributed by atoms with Gasteiger partial charge in [0.15, 0.2) is 5.75 Å². The first-order valence-corrected chi connectivity index (χ1v) is 9.95. The van der Waals surface area contributed by atoms with Gasteiger partial charge in [-0.15, -0.1) is 0 Å². The maximum absolute atomic E-state index is 12.6. The molecule has 2 aromatic carbocycles. The molecule has 0 spiro atoms. The molecule has 0 N–H and O–H groups in total. The van der Waals surface area contributed by atoms with Crippen LogP contribution in [0.25, 0.3) is 0 Å². The van der Waals surface area contributed by atoms with Crippen LogP contribution in [0.2, 0.25) is 0 Å². The summed E-state index contributed by atoms with van der Waals surface area (Å²) in [5.41, 5.74) is 1.36. The molecule has 152 valence electrons. The smallest absolute Gasteiger partial charge is 0.228 e. The Morgan fingerprint density at radius 1 is 1.03 bits per heavy atom. The van der Waals surface area contributed by atoms with E-state index in [-0.39, 0.29) is 11.3 Å². The minimum atomic E-state index is -0.363. The van der Waals surface area contributed by atoms with Gasteiger partial charge in [0.05, 0.1) is 12.7 Å². The van der Waals surface area contributed by atoms with E-state index in [4.69, 9.17) is 14.5 Å². The van der Waals surface area contributed by atoms with Gasteiger partial charge in [-0.2, -0.15) is 0 Å². The number of hydrogen-bond acceptors (Lipinski definition) is 5. The highest BCUT2D eigenvalue weighted by molar-refractivity contribution is 6.04. The monoisotopic (exact) mass is 393 g/mol. The third-order valence-electron chi connectivity index (χ3n) is 5.25. The second-order valence-corrected chi connectivity index (χ2v) is 8.40. The van der Waals surface area contributed by atoms with Crippen molar-refractivity contribution in [1.82, 2.24) is 9.80 Å². The summed E-state index contributed by atoms with van der Waals surface area (Å²) >= 11 is 0. The second-order valence-electron chi connectivity index (χ2n) is 8.40. The predicted molar refractivity (Wildman–Crippen MR) is 113 cm³/mol. The van der Waals surface area contributed by atoms with E-state index in [0.717, 1.165) is 47.4 Å². The molecule has 0 unspecified atom stereocenters. The molecule has 0 saturated carbocycles. The fourth-order valence-electron chi connectivity index (χ4n) is 3.66. The fraction of sp³-hybridized carbons (Fsp3) is 0.391. The number of aliphatic imine (C=N–C) groups is 1. The molecule has 0 atom stereocenters. The molecule has 2 heterocycles. The first-order valence-electron chi connectivity index (χ1n) is 9.95. The molecule has 6 heteroatoms. The molecule has 6 nitrogen and oxygen atoms in total. The van der Waals surface area contributed by atoms with Crippen molar-refractivity contribution in [2.45, 2.75) is 20.8 Å². The average Bonchev–Trinajstić information content (AvgIpc) is 2.88. The Morgan fingerprint density at radius 3 is 2.45 bits per heavy atom. The van der Waals surface area contributed by atoms with Crippen LogP contribution >= 0.6 is 0 Å². The summed E-state index contributed by atoms with van der Waals surface area (Å²) in [4.78, 5) is 21.8. The van der Waals surface area contributed by atoms with E-state index in [1.54, 1.807) is 7.11 Å². The molecule has 2 aliphatic heterocycles. The van der Waals surface area contributed by atoms with Crippen molar-refractivity contribution in [2.24, 2.45) is 10.4 Å². The standard InChI is InChI=1S/C23H27N3O3/c1-23(2,3)22(27)26-13-11-25(12-14-26)21-17-10-9-16(28-4)15-20(17)29-19-8-6-5-7-18(19)24-21/h5-10,15H,11-14H2,1-4H3. The second kappa shape index (κ2) is 7.43. The molecule has 29 heavy (non-hydrogen) atoms. The number of benzene rings is 2. The normalized spacial score (nSPS) is 16.2. The molecular weight excluding hydrogens is 366 g/mol. The summed E-state index contributed by atoms with van der Waals surface area (Å²) in [5.74, 6) is 3.25. The number of hydrogen-bond donors (Lipinski definition) is 0. The third-order valence-corrected chi connectivity index (χ3v) is 5.25. The highest BCUT2D eigenvalue weighted by Crippen LogP contribution is 2.39. The van der Waals surface area contributed by atoms with Crippen molar-refractivity contribution < 1.29 is 14.3 Å². The maximum atomic E-state index is 12.6. The lowest BCUT2D eigenvalue weighted by Crippen LogP contribution is -2.53. The Morgan fingerprint density at radius 2 is 1.76 bits per heavy atom. The lowest BCUT2D eigenvalue weighted by molar-refractivity contribution is -0.140. The number of rotatable bonds is 1. The van der Waals surface area contributed by atoms with Crippen molar-refractivity contribution in [1.29, 1.82) is 0 Å². The summed E-state index contributed by atoms with van der Waals surface area (Å²) in [7, 11) is 1.65. The van der Waals surface area contributed by atoms with Gasteiger partial charge in [-0.25, -0.2) is 4.99 Å². The molecule has 1 saturated heterocycles. The molecule has 1 fully saturated rings. The number of ether oxygens (including phenoxy) is 2. The van der Waals surface area contributed by atoms with Gasteiger partial charge < -0.3 is 19.3 Å². The number of amidine groups is 1. The van der Waals surface area contributed by atoms with Gasteiger partial charge in [0.2, 0.25) is 5.91 Å². The zero-order chi connectivity index (χ0) is 20.6. The average molecular weight is 393 g/mol. The van der Waals surface area contributed by atoms with Gasteiger partial charge in [0.1, 0.15) is 23.0 Å². The van der Waals surface area contributed by atoms with Gasteiger partial charge in [-0.3, -0.25) is 4.79 Å². The summed E-state index contributed by atoms with van der Waals surface area (Å²) in [6.45, 7) is 8.73. The lowest BCUT2D eigenvalue weighted by atomic mass is 9.94. The number of carbonyl (C=O) groups excluding carboxylic acids is 1. The topological polar surface area (TPSA) is 54.4 Å². The largest absolute Gasteiger partial charge is 0.497 e. The first-order chi connectivity index (χ1) is 13.9. The van der Waals surface area contributed by atoms with Crippen LogP contribution in [0.5, 0.6) is 17.2 Å². The highest BCUT2D eigenvalue weighted by atomic mass is 16.5. The molecule has 0 aliphatic carbocycles. The van der Waals surface area contributed by atoms with Crippen molar-refractivity contribution in [3.63, 3.8) is 0 Å². The molecule has 2 aliphatic rings. The van der Waals surface area contributed by atoms with Gasteiger partial charge in [0.25, 0.3) is 0 Å². The van der Waals surface area contributed by atoms with Crippen LogP contribution in [-0.2, 0) is 4.79 Å². The fourth-order valence-corrected chi connectivity index (χ4v) is 3.66. The van der Waals surface area contributed by atoms with Crippen LogP contribution in [0.15, 0.2) is 47.5 Å². The van der Waals surface area contributed by atoms with E-state index < -0.39 is 0 Å². The molecular formula is C23H27N3O3. The van der Waals surface area contributed by atoms with E-state index >= 15 is 0 Å². The van der Waals surface area contributed by atoms with Crippen LogP contribution in [0, 0.1) is 5.41 Å². The minimum Gasteiger partial charge on any atom is -0.497 e. The Bertz CT molecular complexity index is 954. The summed E-state index contributed by atoms with van der Waals surface area (Å²) in [6.07, 6.45) is 0. The van der Waals surface area contributed by atoms with Gasteiger partial charge in [-0.05, 0) is 24.3 Å². The molecule has 0 bridgehead atoms. The lowest BCUT2D eigenvalue weighted by Gasteiger charge is -2.39. The number of nitrogens with zero attached hydrogens (tertiary/aromatic N) is 3. The molecule has 0 radical (unpaired) electrons. The summed E-state index contributed by atoms with van der Waals surface area (Å²) < 4.78 is 11.6. The number of para-hydroxylation sites is 2. The summed E-state index contributed by atoms with van der Waals surface area (Å²) in [5, 5.41) is 0. The third kappa shape index (κ3) is 3.79. The number of methoxy groups -OCH3 is 1. The van der Waals surface area contributed by atoms with E-state index in [1.165, 1.54) is 0 Å². The van der Waals surface area contributed by atoms with E-state index in [1.807, 2.05) is 68.1 Å². The van der Waals surface area contributed by atoms with E-state index in [9.17, 15) is 4.79 Å². The zero-order valence-corrected chi connectivity index (χ0v) is 17.4. The van der Waals surface area contributed by atoms with Crippen LogP contribution in [-0.4, -0.2) is 54.8 Å². The van der Waals surface area contributed by atoms with Crippen molar-refractivity contribution in [3.05, 3.63) is 48.0 Å². The van der Waals surface area contributed by atoms with Crippen LogP contribution < -0.4 is 9.47 Å². The highest BCUT2D eigenvalue weighted by Gasteiger charge is 2.32. The number of carbonyl (C=O) groups is 1. The predicted octanol–water partition coefficient (Wildman–Crippen LogP) is 4.07. The van der Waals surface area contributed by atoms with Crippen LogP contribution in [0.3, 0.4) is 0 Å². The van der Waals surface area contributed by atoms with E-state index in [2.05, 4.69) is 4.90 Å². The molecule has 2 aromatic rings. The van der Waals surface area contributed by atoms with Gasteiger partial charge >= 0.3 is 0 Å². The van der Waals surface area contributed by atoms with Crippen molar-refractivity contribution in [3.8, 4) is 17.2 Å². The quantitative estimate of drug-likeness (QED) is 0.733. The SMILES string of the molecule is COc1ccc2c(c1)Oc1ccccc1N=C2N1CCN(C(=O)C(C)(C)C)CC1. The van der Waals surface area contributed by atoms with Crippen LogP contribution in [0.4, 0.5) is 5.69 Å². The Labute approximate surface area is 171 Å².